The Morgan fingerprint density at radius 2 is 1.76 bits per heavy atom. The van der Waals surface area contributed by atoms with Gasteiger partial charge in [-0.25, -0.2) is 0 Å². The number of hydrogen-bond donors (Lipinski definition) is 1. The Morgan fingerprint density at radius 1 is 1.03 bits per heavy atom. The summed E-state index contributed by atoms with van der Waals surface area (Å²) in [6.07, 6.45) is 14.4. The van der Waals surface area contributed by atoms with Crippen LogP contribution in [0.25, 0.3) is 0 Å². The molecule has 0 heterocycles. The van der Waals surface area contributed by atoms with E-state index in [0.29, 0.717) is 23.2 Å². The van der Waals surface area contributed by atoms with Crippen LogP contribution in [0.3, 0.4) is 0 Å². The van der Waals surface area contributed by atoms with E-state index in [0.717, 1.165) is 55.1 Å². The van der Waals surface area contributed by atoms with Crippen molar-refractivity contribution in [1.82, 2.24) is 10.2 Å². The number of hydrogen-bond acceptors (Lipinski definition) is 4. The minimum atomic E-state index is -0.0386. The van der Waals surface area contributed by atoms with Gasteiger partial charge in [0.25, 0.3) is 0 Å². The maximum absolute atomic E-state index is 11.7. The number of nitrogens with zero attached hydrogens (tertiary/aromatic N) is 1. The van der Waals surface area contributed by atoms with Gasteiger partial charge in [-0.2, -0.15) is 0 Å². The minimum Gasteiger partial charge on any atom is -0.469 e. The number of ether oxygens (including phenoxy) is 1. The summed E-state index contributed by atoms with van der Waals surface area (Å²) in [5, 5.41) is 3.89. The van der Waals surface area contributed by atoms with Gasteiger partial charge in [0.05, 0.1) is 7.11 Å². The van der Waals surface area contributed by atoms with Crippen LogP contribution in [0.4, 0.5) is 0 Å². The SMILES string of the molecule is COC(=O)CC[C@@H](C)C1CCC2C3CCC4CC(NCCN(C)C)CCC4(C)C3CCC21C. The standard InChI is InChI=1S/C29H52N2O2/c1-20(7-12-27(32)33-6)24-10-11-25-23-9-8-21-19-22(30-17-18-31(4)5)13-15-28(21,2)26(23)14-16-29(24,25)3/h20-26,30H,7-19H2,1-6H3/t20-,21?,22?,23?,24?,25?,26?,28?,29?/m1/s1. The maximum atomic E-state index is 11.7. The van der Waals surface area contributed by atoms with Gasteiger partial charge in [-0.05, 0) is 125 Å². The third kappa shape index (κ3) is 4.90. The minimum absolute atomic E-state index is 0.0386. The summed E-state index contributed by atoms with van der Waals surface area (Å²) in [7, 11) is 5.86. The summed E-state index contributed by atoms with van der Waals surface area (Å²) in [5.41, 5.74) is 1.06. The molecule has 4 heteroatoms. The lowest BCUT2D eigenvalue weighted by Crippen LogP contribution is -2.55. The van der Waals surface area contributed by atoms with Gasteiger partial charge in [-0.1, -0.05) is 20.8 Å². The average Bonchev–Trinajstić information content (AvgIpc) is 3.14. The van der Waals surface area contributed by atoms with Gasteiger partial charge in [0.2, 0.25) is 0 Å². The zero-order chi connectivity index (χ0) is 23.8. The molecule has 4 aliphatic carbocycles. The van der Waals surface area contributed by atoms with E-state index >= 15 is 0 Å². The molecule has 8 unspecified atom stereocenters. The highest BCUT2D eigenvalue weighted by molar-refractivity contribution is 5.69. The first-order valence-electron chi connectivity index (χ1n) is 14.1. The van der Waals surface area contributed by atoms with Crippen LogP contribution in [-0.2, 0) is 9.53 Å². The number of nitrogens with one attached hydrogen (secondary N) is 1. The van der Waals surface area contributed by atoms with Crippen LogP contribution in [-0.4, -0.2) is 51.2 Å². The highest BCUT2D eigenvalue weighted by Gasteiger charge is 2.60. The number of fused-ring (bicyclic) bond motifs is 5. The number of likely N-dealkylation sites (N-methyl/N-ethyl adjacent to an activating group) is 1. The van der Waals surface area contributed by atoms with E-state index in [1.807, 2.05) is 0 Å². The molecule has 0 bridgehead atoms. The van der Waals surface area contributed by atoms with Gasteiger partial charge < -0.3 is 15.0 Å². The third-order valence-corrected chi connectivity index (χ3v) is 11.4. The lowest BCUT2D eigenvalue weighted by atomic mass is 9.44. The molecular weight excluding hydrogens is 408 g/mol. The van der Waals surface area contributed by atoms with Gasteiger partial charge in [-0.3, -0.25) is 4.79 Å². The van der Waals surface area contributed by atoms with E-state index in [-0.39, 0.29) is 5.97 Å². The van der Waals surface area contributed by atoms with Crippen LogP contribution in [0.1, 0.15) is 91.4 Å². The molecule has 190 valence electrons. The van der Waals surface area contributed by atoms with Crippen molar-refractivity contribution >= 4 is 5.97 Å². The number of esters is 1. The molecule has 4 aliphatic rings. The highest BCUT2D eigenvalue weighted by Crippen LogP contribution is 2.68. The molecule has 4 nitrogen and oxygen atoms in total. The smallest absolute Gasteiger partial charge is 0.305 e. The first-order chi connectivity index (χ1) is 15.7. The van der Waals surface area contributed by atoms with Crippen molar-refractivity contribution in [1.29, 1.82) is 0 Å². The Labute approximate surface area is 204 Å². The Bertz CT molecular complexity index is 681. The van der Waals surface area contributed by atoms with E-state index in [1.54, 1.807) is 0 Å². The van der Waals surface area contributed by atoms with Gasteiger partial charge in [-0.15, -0.1) is 0 Å². The molecule has 4 rings (SSSR count). The molecular formula is C29H52N2O2. The lowest BCUT2D eigenvalue weighted by Gasteiger charge is -2.61. The summed E-state index contributed by atoms with van der Waals surface area (Å²) in [4.78, 5) is 14.0. The molecule has 0 spiro atoms. The largest absolute Gasteiger partial charge is 0.469 e. The second-order valence-electron chi connectivity index (χ2n) is 13.2. The molecule has 0 amide bonds. The molecule has 1 N–H and O–H groups in total. The van der Waals surface area contributed by atoms with Crippen molar-refractivity contribution in [3.63, 3.8) is 0 Å². The van der Waals surface area contributed by atoms with Gasteiger partial charge in [0.1, 0.15) is 0 Å². The second kappa shape index (κ2) is 10.2. The van der Waals surface area contributed by atoms with E-state index in [2.05, 4.69) is 45.1 Å². The Hall–Kier alpha value is -0.610. The van der Waals surface area contributed by atoms with E-state index in [9.17, 15) is 4.79 Å². The molecule has 33 heavy (non-hydrogen) atoms. The molecule has 0 aromatic carbocycles. The van der Waals surface area contributed by atoms with Crippen LogP contribution in [0.15, 0.2) is 0 Å². The van der Waals surface area contributed by atoms with Crippen LogP contribution >= 0.6 is 0 Å². The Kier molecular flexibility index (Phi) is 7.85. The summed E-state index contributed by atoms with van der Waals surface area (Å²) in [6.45, 7) is 10.0. The lowest BCUT2D eigenvalue weighted by molar-refractivity contribution is -0.141. The highest BCUT2D eigenvalue weighted by atomic mass is 16.5. The van der Waals surface area contributed by atoms with Gasteiger partial charge in [0.15, 0.2) is 0 Å². The van der Waals surface area contributed by atoms with Crippen molar-refractivity contribution in [2.24, 2.45) is 46.3 Å². The van der Waals surface area contributed by atoms with E-state index < -0.39 is 0 Å². The Balaban J connectivity index is 1.39. The maximum Gasteiger partial charge on any atom is 0.305 e. The first kappa shape index (κ1) is 25.5. The van der Waals surface area contributed by atoms with Crippen molar-refractivity contribution in [2.75, 3.05) is 34.3 Å². The van der Waals surface area contributed by atoms with Gasteiger partial charge >= 0.3 is 5.97 Å². The summed E-state index contributed by atoms with van der Waals surface area (Å²) in [5.74, 6) is 5.10. The molecule has 4 fully saturated rings. The summed E-state index contributed by atoms with van der Waals surface area (Å²) < 4.78 is 4.92. The third-order valence-electron chi connectivity index (χ3n) is 11.4. The first-order valence-corrected chi connectivity index (χ1v) is 14.1. The monoisotopic (exact) mass is 460 g/mol. The van der Waals surface area contributed by atoms with Gasteiger partial charge in [0, 0.05) is 25.6 Å². The van der Waals surface area contributed by atoms with E-state index in [1.165, 1.54) is 64.9 Å². The topological polar surface area (TPSA) is 41.6 Å². The zero-order valence-electron chi connectivity index (χ0n) is 22.5. The molecule has 4 saturated carbocycles. The number of rotatable bonds is 8. The molecule has 0 saturated heterocycles. The molecule has 9 atom stereocenters. The predicted molar refractivity (Wildman–Crippen MR) is 136 cm³/mol. The number of methoxy groups -OCH3 is 1. The quantitative estimate of drug-likeness (QED) is 0.468. The molecule has 0 aromatic rings. The van der Waals surface area contributed by atoms with Crippen molar-refractivity contribution < 1.29 is 9.53 Å². The predicted octanol–water partition coefficient (Wildman–Crippen LogP) is 5.75. The number of carbonyl (C=O) groups excluding carboxylic acids is 1. The zero-order valence-corrected chi connectivity index (χ0v) is 22.5. The van der Waals surface area contributed by atoms with Crippen molar-refractivity contribution in [3.05, 3.63) is 0 Å². The van der Waals surface area contributed by atoms with E-state index in [4.69, 9.17) is 4.74 Å². The number of carbonyl (C=O) groups is 1. The fourth-order valence-electron chi connectivity index (χ4n) is 9.56. The molecule has 0 aromatic heterocycles. The fraction of sp³-hybridized carbons (Fsp3) is 0.966. The second-order valence-corrected chi connectivity index (χ2v) is 13.2. The van der Waals surface area contributed by atoms with Crippen LogP contribution in [0.5, 0.6) is 0 Å². The van der Waals surface area contributed by atoms with Crippen molar-refractivity contribution in [3.8, 4) is 0 Å². The van der Waals surface area contributed by atoms with Crippen LogP contribution in [0.2, 0.25) is 0 Å². The summed E-state index contributed by atoms with van der Waals surface area (Å²) in [6, 6.07) is 0.736. The fourth-order valence-corrected chi connectivity index (χ4v) is 9.56. The average molecular weight is 461 g/mol. The van der Waals surface area contributed by atoms with Crippen LogP contribution < -0.4 is 5.32 Å². The Morgan fingerprint density at radius 3 is 2.48 bits per heavy atom. The molecule has 0 aliphatic heterocycles. The van der Waals surface area contributed by atoms with Crippen molar-refractivity contribution in [2.45, 2.75) is 97.4 Å². The summed E-state index contributed by atoms with van der Waals surface area (Å²) >= 11 is 0. The normalized spacial score (nSPS) is 43.5. The molecule has 0 radical (unpaired) electrons. The van der Waals surface area contributed by atoms with Crippen LogP contribution in [0, 0.1) is 46.3 Å².